The minimum absolute atomic E-state index is 0.109. The summed E-state index contributed by atoms with van der Waals surface area (Å²) in [4.78, 5) is 11.9. The molecule has 2 aromatic carbocycles. The molecule has 0 aliphatic rings. The van der Waals surface area contributed by atoms with E-state index in [1.807, 2.05) is 19.1 Å². The molecule has 0 fully saturated rings. The Hall–Kier alpha value is -1.84. The zero-order valence-electron chi connectivity index (χ0n) is 12.2. The van der Waals surface area contributed by atoms with Crippen molar-refractivity contribution in [2.24, 2.45) is 0 Å². The quantitative estimate of drug-likeness (QED) is 0.878. The highest BCUT2D eigenvalue weighted by atomic mass is 35.5. The van der Waals surface area contributed by atoms with E-state index in [-0.39, 0.29) is 18.5 Å². The second-order valence-corrected chi connectivity index (χ2v) is 5.45. The highest BCUT2D eigenvalue weighted by Crippen LogP contribution is 2.20. The maximum atomic E-state index is 11.9. The smallest absolute Gasteiger partial charge is 0.238 e. The summed E-state index contributed by atoms with van der Waals surface area (Å²) in [5.74, 6) is -0.109. The average molecular weight is 303 g/mol. The predicted molar refractivity (Wildman–Crippen MR) is 87.7 cm³/mol. The van der Waals surface area contributed by atoms with Crippen LogP contribution < -0.4 is 10.6 Å². The molecule has 1 amide bonds. The Bertz CT molecular complexity index is 610. The second-order valence-electron chi connectivity index (χ2n) is 5.04. The molecular formula is C17H19ClN2O. The Morgan fingerprint density at radius 3 is 2.48 bits per heavy atom. The van der Waals surface area contributed by atoms with Gasteiger partial charge in [-0.1, -0.05) is 53.6 Å². The summed E-state index contributed by atoms with van der Waals surface area (Å²) >= 11 is 6.01. The van der Waals surface area contributed by atoms with Crippen molar-refractivity contribution in [1.29, 1.82) is 0 Å². The number of rotatable bonds is 5. The molecule has 110 valence electrons. The molecule has 0 heterocycles. The van der Waals surface area contributed by atoms with E-state index in [1.165, 1.54) is 5.56 Å². The Balaban J connectivity index is 1.86. The zero-order valence-corrected chi connectivity index (χ0v) is 12.9. The maximum absolute atomic E-state index is 11.9. The number of carbonyl (C=O) groups excluding carboxylic acids is 1. The summed E-state index contributed by atoms with van der Waals surface area (Å²) < 4.78 is 0. The van der Waals surface area contributed by atoms with Crippen LogP contribution in [0.25, 0.3) is 0 Å². The normalized spacial score (nSPS) is 12.0. The number of para-hydroxylation sites is 1. The molecule has 4 heteroatoms. The second kappa shape index (κ2) is 7.25. The molecular weight excluding hydrogens is 284 g/mol. The van der Waals surface area contributed by atoms with Crippen LogP contribution in [0.15, 0.2) is 48.5 Å². The molecule has 0 radical (unpaired) electrons. The van der Waals surface area contributed by atoms with Crippen molar-refractivity contribution in [2.45, 2.75) is 19.9 Å². The first-order valence-electron chi connectivity index (χ1n) is 6.90. The van der Waals surface area contributed by atoms with Crippen molar-refractivity contribution in [2.75, 3.05) is 11.9 Å². The lowest BCUT2D eigenvalue weighted by Crippen LogP contribution is -2.30. The molecule has 0 spiro atoms. The fraction of sp³-hybridized carbons (Fsp3) is 0.235. The molecule has 2 aromatic rings. The van der Waals surface area contributed by atoms with E-state index in [1.54, 1.807) is 12.1 Å². The van der Waals surface area contributed by atoms with Crippen molar-refractivity contribution >= 4 is 23.2 Å². The van der Waals surface area contributed by atoms with Crippen molar-refractivity contribution in [1.82, 2.24) is 5.32 Å². The molecule has 1 atom stereocenters. The van der Waals surface area contributed by atoms with Crippen LogP contribution in [-0.2, 0) is 4.79 Å². The number of carbonyl (C=O) groups is 1. The molecule has 1 unspecified atom stereocenters. The zero-order chi connectivity index (χ0) is 15.2. The average Bonchev–Trinajstić information content (AvgIpc) is 2.48. The largest absolute Gasteiger partial charge is 0.324 e. The molecule has 0 bridgehead atoms. The van der Waals surface area contributed by atoms with Crippen LogP contribution in [0.4, 0.5) is 5.69 Å². The Morgan fingerprint density at radius 1 is 1.14 bits per heavy atom. The first-order chi connectivity index (χ1) is 10.1. The van der Waals surface area contributed by atoms with Gasteiger partial charge in [-0.15, -0.1) is 0 Å². The van der Waals surface area contributed by atoms with Crippen LogP contribution in [0, 0.1) is 6.92 Å². The maximum Gasteiger partial charge on any atom is 0.238 e. The van der Waals surface area contributed by atoms with Gasteiger partial charge in [-0.2, -0.15) is 0 Å². The molecule has 0 aliphatic heterocycles. The highest BCUT2D eigenvalue weighted by Gasteiger charge is 2.09. The Kier molecular flexibility index (Phi) is 5.37. The first-order valence-corrected chi connectivity index (χ1v) is 7.28. The molecule has 0 aliphatic carbocycles. The first kappa shape index (κ1) is 15.5. The Labute approximate surface area is 130 Å². The van der Waals surface area contributed by atoms with Crippen molar-refractivity contribution in [3.63, 3.8) is 0 Å². The van der Waals surface area contributed by atoms with E-state index in [9.17, 15) is 4.79 Å². The summed E-state index contributed by atoms with van der Waals surface area (Å²) in [6.07, 6.45) is 0. The van der Waals surface area contributed by atoms with Crippen molar-refractivity contribution in [3.8, 4) is 0 Å². The number of hydrogen-bond acceptors (Lipinski definition) is 2. The van der Waals surface area contributed by atoms with Crippen LogP contribution in [0.5, 0.6) is 0 Å². The number of nitrogens with one attached hydrogen (secondary N) is 2. The standard InChI is InChI=1S/C17H19ClN2O/c1-12-7-9-14(10-8-12)13(2)19-11-17(21)20-16-6-4-3-5-15(16)18/h3-10,13,19H,11H2,1-2H3,(H,20,21). The number of hydrogen-bond donors (Lipinski definition) is 2. The van der Waals surface area contributed by atoms with Gasteiger partial charge in [0.2, 0.25) is 5.91 Å². The van der Waals surface area contributed by atoms with Gasteiger partial charge in [-0.3, -0.25) is 4.79 Å². The van der Waals surface area contributed by atoms with Gasteiger partial charge >= 0.3 is 0 Å². The highest BCUT2D eigenvalue weighted by molar-refractivity contribution is 6.33. The number of benzene rings is 2. The lowest BCUT2D eigenvalue weighted by Gasteiger charge is -2.14. The molecule has 21 heavy (non-hydrogen) atoms. The van der Waals surface area contributed by atoms with Gasteiger partial charge in [0.25, 0.3) is 0 Å². The molecule has 0 saturated heterocycles. The monoisotopic (exact) mass is 302 g/mol. The topological polar surface area (TPSA) is 41.1 Å². The van der Waals surface area contributed by atoms with Crippen LogP contribution in [0.2, 0.25) is 5.02 Å². The Morgan fingerprint density at radius 2 is 1.81 bits per heavy atom. The van der Waals surface area contributed by atoms with Gasteiger partial charge in [-0.05, 0) is 31.5 Å². The van der Waals surface area contributed by atoms with Gasteiger partial charge in [0.05, 0.1) is 17.3 Å². The summed E-state index contributed by atoms with van der Waals surface area (Å²) in [6, 6.07) is 15.6. The van der Waals surface area contributed by atoms with Crippen LogP contribution >= 0.6 is 11.6 Å². The van der Waals surface area contributed by atoms with E-state index in [0.717, 1.165) is 5.56 Å². The molecule has 0 aromatic heterocycles. The van der Waals surface area contributed by atoms with Gasteiger partial charge in [0.1, 0.15) is 0 Å². The van der Waals surface area contributed by atoms with E-state index in [4.69, 9.17) is 11.6 Å². The van der Waals surface area contributed by atoms with Crippen molar-refractivity contribution in [3.05, 3.63) is 64.7 Å². The lowest BCUT2D eigenvalue weighted by atomic mass is 10.1. The third-order valence-electron chi connectivity index (χ3n) is 3.29. The van der Waals surface area contributed by atoms with E-state index in [0.29, 0.717) is 10.7 Å². The van der Waals surface area contributed by atoms with Crippen LogP contribution in [-0.4, -0.2) is 12.5 Å². The molecule has 2 rings (SSSR count). The third kappa shape index (κ3) is 4.59. The van der Waals surface area contributed by atoms with Gasteiger partial charge in [0.15, 0.2) is 0 Å². The van der Waals surface area contributed by atoms with Gasteiger partial charge in [-0.25, -0.2) is 0 Å². The summed E-state index contributed by atoms with van der Waals surface area (Å²) in [6.45, 7) is 4.33. The fourth-order valence-corrected chi connectivity index (χ4v) is 2.16. The van der Waals surface area contributed by atoms with Crippen LogP contribution in [0.3, 0.4) is 0 Å². The lowest BCUT2D eigenvalue weighted by molar-refractivity contribution is -0.115. The van der Waals surface area contributed by atoms with Gasteiger partial charge < -0.3 is 10.6 Å². The number of aryl methyl sites for hydroxylation is 1. The minimum atomic E-state index is -0.109. The van der Waals surface area contributed by atoms with E-state index < -0.39 is 0 Å². The number of halogens is 1. The molecule has 3 nitrogen and oxygen atoms in total. The minimum Gasteiger partial charge on any atom is -0.324 e. The van der Waals surface area contributed by atoms with Crippen LogP contribution in [0.1, 0.15) is 24.1 Å². The van der Waals surface area contributed by atoms with Gasteiger partial charge in [0, 0.05) is 6.04 Å². The number of anilines is 1. The molecule has 0 saturated carbocycles. The summed E-state index contributed by atoms with van der Waals surface area (Å²) in [5, 5.41) is 6.53. The summed E-state index contributed by atoms with van der Waals surface area (Å²) in [5.41, 5.74) is 3.02. The summed E-state index contributed by atoms with van der Waals surface area (Å²) in [7, 11) is 0. The number of amides is 1. The fourth-order valence-electron chi connectivity index (χ4n) is 1.98. The predicted octanol–water partition coefficient (Wildman–Crippen LogP) is 3.94. The SMILES string of the molecule is Cc1ccc(C(C)NCC(=O)Nc2ccccc2Cl)cc1. The van der Waals surface area contributed by atoms with Crippen molar-refractivity contribution < 1.29 is 4.79 Å². The molecule has 2 N–H and O–H groups in total. The van der Waals surface area contributed by atoms with E-state index in [2.05, 4.69) is 41.8 Å². The third-order valence-corrected chi connectivity index (χ3v) is 3.62. The van der Waals surface area contributed by atoms with E-state index >= 15 is 0 Å².